The summed E-state index contributed by atoms with van der Waals surface area (Å²) >= 11 is 0. The van der Waals surface area contributed by atoms with Crippen molar-refractivity contribution >= 4 is 5.69 Å². The third kappa shape index (κ3) is 3.02. The third-order valence-corrected chi connectivity index (χ3v) is 3.65. The summed E-state index contributed by atoms with van der Waals surface area (Å²) < 4.78 is 0. The molecule has 1 aliphatic rings. The lowest BCUT2D eigenvalue weighted by Crippen LogP contribution is -2.46. The summed E-state index contributed by atoms with van der Waals surface area (Å²) in [6, 6.07) is 12.5. The molecule has 3 heteroatoms. The molecule has 0 saturated heterocycles. The topological polar surface area (TPSA) is 47.3 Å². The smallest absolute Gasteiger partial charge is 0.0743 e. The van der Waals surface area contributed by atoms with E-state index in [4.69, 9.17) is 5.26 Å². The average Bonchev–Trinajstić information content (AvgIpc) is 2.42. The van der Waals surface area contributed by atoms with Crippen molar-refractivity contribution < 1.29 is 5.11 Å². The highest BCUT2D eigenvalue weighted by Crippen LogP contribution is 2.27. The van der Waals surface area contributed by atoms with Crippen LogP contribution in [-0.2, 0) is 0 Å². The summed E-state index contributed by atoms with van der Waals surface area (Å²) in [7, 11) is 0. The highest BCUT2D eigenvalue weighted by molar-refractivity contribution is 5.47. The van der Waals surface area contributed by atoms with Gasteiger partial charge in [-0.25, -0.2) is 0 Å². The second-order valence-corrected chi connectivity index (χ2v) is 4.86. The van der Waals surface area contributed by atoms with Crippen molar-refractivity contribution in [3.63, 3.8) is 0 Å². The first-order valence-corrected chi connectivity index (χ1v) is 6.69. The lowest BCUT2D eigenvalue weighted by molar-refractivity contribution is 0.104. The van der Waals surface area contributed by atoms with Crippen LogP contribution in [0.4, 0.5) is 5.69 Å². The Balaban J connectivity index is 2.16. The van der Waals surface area contributed by atoms with Gasteiger partial charge in [-0.3, -0.25) is 0 Å². The predicted octanol–water partition coefficient (Wildman–Crippen LogP) is 2.71. The Morgan fingerprint density at radius 2 is 1.94 bits per heavy atom. The SMILES string of the molecule is N#CCCN(c1ccccc1)[C@H]1CCCC[C@@H]1O. The largest absolute Gasteiger partial charge is 0.391 e. The Bertz CT molecular complexity index is 399. The van der Waals surface area contributed by atoms with Crippen molar-refractivity contribution in [2.24, 2.45) is 0 Å². The number of benzene rings is 1. The van der Waals surface area contributed by atoms with Crippen LogP contribution in [0.15, 0.2) is 30.3 Å². The number of nitrogens with zero attached hydrogens (tertiary/aromatic N) is 2. The molecule has 1 fully saturated rings. The van der Waals surface area contributed by atoms with E-state index in [2.05, 4.69) is 23.1 Å². The molecule has 2 atom stereocenters. The van der Waals surface area contributed by atoms with Gasteiger partial charge in [-0.1, -0.05) is 31.0 Å². The average molecular weight is 244 g/mol. The molecule has 0 unspecified atom stereocenters. The molecule has 0 spiro atoms. The van der Waals surface area contributed by atoms with Gasteiger partial charge in [0.05, 0.1) is 24.6 Å². The van der Waals surface area contributed by atoms with Crippen molar-refractivity contribution in [3.8, 4) is 6.07 Å². The summed E-state index contributed by atoms with van der Waals surface area (Å²) in [5.74, 6) is 0. The van der Waals surface area contributed by atoms with E-state index >= 15 is 0 Å². The second kappa shape index (κ2) is 6.42. The van der Waals surface area contributed by atoms with Gasteiger partial charge in [-0.05, 0) is 25.0 Å². The molecule has 0 bridgehead atoms. The third-order valence-electron chi connectivity index (χ3n) is 3.65. The van der Waals surface area contributed by atoms with Crippen LogP contribution in [0.25, 0.3) is 0 Å². The monoisotopic (exact) mass is 244 g/mol. The minimum Gasteiger partial charge on any atom is -0.391 e. The molecule has 18 heavy (non-hydrogen) atoms. The molecule has 1 aromatic rings. The molecule has 1 saturated carbocycles. The zero-order valence-corrected chi connectivity index (χ0v) is 10.6. The van der Waals surface area contributed by atoms with Crippen molar-refractivity contribution in [1.82, 2.24) is 0 Å². The van der Waals surface area contributed by atoms with Crippen LogP contribution in [0.5, 0.6) is 0 Å². The molecule has 1 aromatic carbocycles. The summed E-state index contributed by atoms with van der Waals surface area (Å²) in [5, 5.41) is 19.0. The number of aliphatic hydroxyl groups excluding tert-OH is 1. The first-order chi connectivity index (χ1) is 8.83. The Kier molecular flexibility index (Phi) is 4.60. The predicted molar refractivity (Wildman–Crippen MR) is 72.3 cm³/mol. The fourth-order valence-corrected chi connectivity index (χ4v) is 2.73. The van der Waals surface area contributed by atoms with Gasteiger partial charge < -0.3 is 10.0 Å². The summed E-state index contributed by atoms with van der Waals surface area (Å²) in [6.45, 7) is 0.697. The van der Waals surface area contributed by atoms with Gasteiger partial charge in [0.1, 0.15) is 0 Å². The van der Waals surface area contributed by atoms with E-state index in [9.17, 15) is 5.11 Å². The van der Waals surface area contributed by atoms with Crippen molar-refractivity contribution in [3.05, 3.63) is 30.3 Å². The van der Waals surface area contributed by atoms with Gasteiger partial charge in [0, 0.05) is 12.2 Å². The van der Waals surface area contributed by atoms with Gasteiger partial charge in [-0.2, -0.15) is 5.26 Å². The minimum atomic E-state index is -0.266. The first-order valence-electron chi connectivity index (χ1n) is 6.69. The molecule has 96 valence electrons. The number of hydrogen-bond donors (Lipinski definition) is 1. The zero-order chi connectivity index (χ0) is 12.8. The summed E-state index contributed by atoms with van der Waals surface area (Å²) in [5.41, 5.74) is 1.11. The maximum atomic E-state index is 10.2. The molecule has 3 nitrogen and oxygen atoms in total. The fourth-order valence-electron chi connectivity index (χ4n) is 2.73. The number of nitriles is 1. The Morgan fingerprint density at radius 1 is 1.22 bits per heavy atom. The molecule has 0 heterocycles. The second-order valence-electron chi connectivity index (χ2n) is 4.86. The standard InChI is InChI=1S/C15H20N2O/c16-11-6-12-17(13-7-2-1-3-8-13)14-9-4-5-10-15(14)18/h1-3,7-8,14-15,18H,4-6,9-10,12H2/t14-,15-/m0/s1. The van der Waals surface area contributed by atoms with Crippen LogP contribution in [0.3, 0.4) is 0 Å². The van der Waals surface area contributed by atoms with Crippen molar-refractivity contribution in [2.75, 3.05) is 11.4 Å². The van der Waals surface area contributed by atoms with Crippen LogP contribution >= 0.6 is 0 Å². The normalized spacial score (nSPS) is 23.3. The summed E-state index contributed by atoms with van der Waals surface area (Å²) in [6.07, 6.45) is 4.40. The van der Waals surface area contributed by atoms with Gasteiger partial charge in [0.25, 0.3) is 0 Å². The van der Waals surface area contributed by atoms with Crippen LogP contribution in [0.2, 0.25) is 0 Å². The lowest BCUT2D eigenvalue weighted by atomic mass is 9.91. The molecule has 0 aromatic heterocycles. The minimum absolute atomic E-state index is 0.162. The highest BCUT2D eigenvalue weighted by Gasteiger charge is 2.28. The van der Waals surface area contributed by atoms with Crippen LogP contribution in [-0.4, -0.2) is 23.8 Å². The molecule has 0 aliphatic heterocycles. The van der Waals surface area contributed by atoms with Crippen LogP contribution in [0, 0.1) is 11.3 Å². The van der Waals surface area contributed by atoms with Gasteiger partial charge in [0.15, 0.2) is 0 Å². The molecule has 0 radical (unpaired) electrons. The summed E-state index contributed by atoms with van der Waals surface area (Å²) in [4.78, 5) is 2.20. The number of rotatable bonds is 4. The van der Waals surface area contributed by atoms with E-state index in [-0.39, 0.29) is 12.1 Å². The molecule has 1 N–H and O–H groups in total. The van der Waals surface area contributed by atoms with Crippen LogP contribution in [0.1, 0.15) is 32.1 Å². The molecule has 2 rings (SSSR count). The van der Waals surface area contributed by atoms with Gasteiger partial charge in [-0.15, -0.1) is 0 Å². The number of para-hydroxylation sites is 1. The molecule has 0 amide bonds. The van der Waals surface area contributed by atoms with E-state index in [1.807, 2.05) is 18.2 Å². The maximum absolute atomic E-state index is 10.2. The number of anilines is 1. The van der Waals surface area contributed by atoms with E-state index in [1.165, 1.54) is 0 Å². The van der Waals surface area contributed by atoms with Crippen LogP contribution < -0.4 is 4.90 Å². The first kappa shape index (κ1) is 12.9. The Morgan fingerprint density at radius 3 is 2.61 bits per heavy atom. The Labute approximate surface area is 109 Å². The lowest BCUT2D eigenvalue weighted by Gasteiger charge is -2.39. The highest BCUT2D eigenvalue weighted by atomic mass is 16.3. The van der Waals surface area contributed by atoms with Crippen molar-refractivity contribution in [2.45, 2.75) is 44.2 Å². The van der Waals surface area contributed by atoms with E-state index < -0.39 is 0 Å². The van der Waals surface area contributed by atoms with Gasteiger partial charge in [0.2, 0.25) is 0 Å². The Hall–Kier alpha value is -1.53. The zero-order valence-electron chi connectivity index (χ0n) is 10.6. The molecular formula is C15H20N2O. The maximum Gasteiger partial charge on any atom is 0.0743 e. The molecular weight excluding hydrogens is 224 g/mol. The molecule has 1 aliphatic carbocycles. The van der Waals surface area contributed by atoms with Gasteiger partial charge >= 0.3 is 0 Å². The van der Waals surface area contributed by atoms with E-state index in [0.29, 0.717) is 13.0 Å². The quantitative estimate of drug-likeness (QED) is 0.885. The number of aliphatic hydroxyl groups is 1. The van der Waals surface area contributed by atoms with E-state index in [1.54, 1.807) is 0 Å². The van der Waals surface area contributed by atoms with Crippen molar-refractivity contribution in [1.29, 1.82) is 5.26 Å². The van der Waals surface area contributed by atoms with E-state index in [0.717, 1.165) is 31.4 Å². The fraction of sp³-hybridized carbons (Fsp3) is 0.533. The number of hydrogen-bond acceptors (Lipinski definition) is 3.